The maximum atomic E-state index is 6.21. The van der Waals surface area contributed by atoms with Crippen molar-refractivity contribution in [1.82, 2.24) is 0 Å². The molecule has 0 atom stereocenters. The summed E-state index contributed by atoms with van der Waals surface area (Å²) in [5.74, 6) is 0.525. The first kappa shape index (κ1) is 9.54. The van der Waals surface area contributed by atoms with Crippen LogP contribution in [-0.4, -0.2) is 0 Å². The lowest BCUT2D eigenvalue weighted by Gasteiger charge is -2.08. The van der Waals surface area contributed by atoms with Crippen molar-refractivity contribution in [3.05, 3.63) is 47.0 Å². The van der Waals surface area contributed by atoms with Crippen molar-refractivity contribution in [2.45, 2.75) is 19.8 Å². The molecule has 14 heavy (non-hydrogen) atoms. The predicted molar refractivity (Wildman–Crippen MR) is 63.0 cm³/mol. The molecule has 0 fully saturated rings. The van der Waals surface area contributed by atoms with Crippen LogP contribution in [0.25, 0.3) is 10.8 Å². The molecule has 2 aromatic rings. The van der Waals surface area contributed by atoms with Gasteiger partial charge in [0.15, 0.2) is 0 Å². The predicted octanol–water partition coefficient (Wildman–Crippen LogP) is 4.62. The van der Waals surface area contributed by atoms with Gasteiger partial charge in [-0.05, 0) is 22.9 Å². The van der Waals surface area contributed by atoms with Crippen molar-refractivity contribution in [2.24, 2.45) is 0 Å². The molecule has 0 spiro atoms. The summed E-state index contributed by atoms with van der Waals surface area (Å²) in [5.41, 5.74) is 1.30. The van der Waals surface area contributed by atoms with Crippen LogP contribution in [0.2, 0.25) is 5.02 Å². The summed E-state index contributed by atoms with van der Waals surface area (Å²) in [6, 6.07) is 12.5. The van der Waals surface area contributed by atoms with E-state index in [1.807, 2.05) is 12.1 Å². The minimum absolute atomic E-state index is 0.525. The Hall–Kier alpha value is -1.01. The highest BCUT2D eigenvalue weighted by molar-refractivity contribution is 6.35. The van der Waals surface area contributed by atoms with Gasteiger partial charge in [0.1, 0.15) is 0 Å². The van der Waals surface area contributed by atoms with E-state index in [0.717, 1.165) is 10.4 Å². The number of hydrogen-bond acceptors (Lipinski definition) is 0. The third-order valence-corrected chi connectivity index (χ3v) is 2.81. The standard InChI is InChI=1S/C13H13Cl/c1-9(2)11-7-10-5-3-4-6-12(10)13(14)8-11/h3-9H,1-2H3. The molecule has 0 amide bonds. The van der Waals surface area contributed by atoms with Crippen molar-refractivity contribution >= 4 is 22.4 Å². The summed E-state index contributed by atoms with van der Waals surface area (Å²) in [6.07, 6.45) is 0. The molecule has 0 aliphatic heterocycles. The third-order valence-electron chi connectivity index (χ3n) is 2.50. The van der Waals surface area contributed by atoms with Crippen LogP contribution in [0.5, 0.6) is 0 Å². The first-order valence-electron chi connectivity index (χ1n) is 4.86. The molecule has 0 bridgehead atoms. The van der Waals surface area contributed by atoms with Crippen LogP contribution in [-0.2, 0) is 0 Å². The molecule has 0 heterocycles. The van der Waals surface area contributed by atoms with Gasteiger partial charge in [0, 0.05) is 10.4 Å². The molecule has 2 aromatic carbocycles. The molecule has 2 rings (SSSR count). The lowest BCUT2D eigenvalue weighted by molar-refractivity contribution is 0.869. The average molecular weight is 205 g/mol. The Bertz CT molecular complexity index is 458. The Morgan fingerprint density at radius 2 is 1.79 bits per heavy atom. The Kier molecular flexibility index (Phi) is 2.47. The molecule has 0 aliphatic carbocycles. The topological polar surface area (TPSA) is 0 Å². The lowest BCUT2D eigenvalue weighted by atomic mass is 9.99. The van der Waals surface area contributed by atoms with E-state index in [1.54, 1.807) is 0 Å². The Labute approximate surface area is 89.5 Å². The maximum absolute atomic E-state index is 6.21. The van der Waals surface area contributed by atoms with E-state index in [0.29, 0.717) is 5.92 Å². The van der Waals surface area contributed by atoms with Gasteiger partial charge in [-0.25, -0.2) is 0 Å². The summed E-state index contributed by atoms with van der Waals surface area (Å²) >= 11 is 6.21. The summed E-state index contributed by atoms with van der Waals surface area (Å²) < 4.78 is 0. The fourth-order valence-electron chi connectivity index (χ4n) is 1.62. The van der Waals surface area contributed by atoms with E-state index in [2.05, 4.69) is 38.1 Å². The third kappa shape index (κ3) is 1.62. The van der Waals surface area contributed by atoms with Crippen molar-refractivity contribution in [1.29, 1.82) is 0 Å². The molecule has 0 radical (unpaired) electrons. The zero-order valence-corrected chi connectivity index (χ0v) is 9.18. The van der Waals surface area contributed by atoms with Gasteiger partial charge in [-0.15, -0.1) is 0 Å². The zero-order valence-electron chi connectivity index (χ0n) is 8.42. The molecular weight excluding hydrogens is 192 g/mol. The van der Waals surface area contributed by atoms with Gasteiger partial charge in [-0.2, -0.15) is 0 Å². The highest BCUT2D eigenvalue weighted by Gasteiger charge is 2.04. The van der Waals surface area contributed by atoms with Crippen LogP contribution < -0.4 is 0 Å². The van der Waals surface area contributed by atoms with Gasteiger partial charge in [0.05, 0.1) is 0 Å². The molecule has 0 aromatic heterocycles. The molecular formula is C13H13Cl. The second kappa shape index (κ2) is 3.62. The van der Waals surface area contributed by atoms with E-state index in [9.17, 15) is 0 Å². The SMILES string of the molecule is CC(C)c1cc(Cl)c2ccccc2c1. The highest BCUT2D eigenvalue weighted by Crippen LogP contribution is 2.28. The fraction of sp³-hybridized carbons (Fsp3) is 0.231. The molecule has 0 saturated carbocycles. The first-order chi connectivity index (χ1) is 6.68. The number of hydrogen-bond donors (Lipinski definition) is 0. The molecule has 72 valence electrons. The zero-order chi connectivity index (χ0) is 10.1. The Morgan fingerprint density at radius 3 is 2.50 bits per heavy atom. The van der Waals surface area contributed by atoms with Gasteiger partial charge in [0.25, 0.3) is 0 Å². The van der Waals surface area contributed by atoms with Gasteiger partial charge >= 0.3 is 0 Å². The maximum Gasteiger partial charge on any atom is 0.0487 e. The number of benzene rings is 2. The van der Waals surface area contributed by atoms with Crippen LogP contribution in [0.1, 0.15) is 25.3 Å². The quantitative estimate of drug-likeness (QED) is 0.636. The molecule has 0 nitrogen and oxygen atoms in total. The second-order valence-corrected chi connectivity index (χ2v) is 4.29. The van der Waals surface area contributed by atoms with Crippen LogP contribution in [0, 0.1) is 0 Å². The van der Waals surface area contributed by atoms with Crippen LogP contribution >= 0.6 is 11.6 Å². The molecule has 0 N–H and O–H groups in total. The fourth-order valence-corrected chi connectivity index (χ4v) is 1.92. The average Bonchev–Trinajstić information content (AvgIpc) is 2.17. The summed E-state index contributed by atoms with van der Waals surface area (Å²) in [4.78, 5) is 0. The van der Waals surface area contributed by atoms with Crippen LogP contribution in [0.15, 0.2) is 36.4 Å². The van der Waals surface area contributed by atoms with E-state index >= 15 is 0 Å². The minimum Gasteiger partial charge on any atom is -0.0837 e. The van der Waals surface area contributed by atoms with Crippen molar-refractivity contribution in [3.63, 3.8) is 0 Å². The second-order valence-electron chi connectivity index (χ2n) is 3.88. The van der Waals surface area contributed by atoms with Crippen molar-refractivity contribution in [2.75, 3.05) is 0 Å². The largest absolute Gasteiger partial charge is 0.0837 e. The summed E-state index contributed by atoms with van der Waals surface area (Å²) in [6.45, 7) is 4.36. The van der Waals surface area contributed by atoms with Crippen LogP contribution in [0.3, 0.4) is 0 Å². The van der Waals surface area contributed by atoms with E-state index in [-0.39, 0.29) is 0 Å². The molecule has 0 unspecified atom stereocenters. The molecule has 1 heteroatoms. The first-order valence-corrected chi connectivity index (χ1v) is 5.24. The molecule has 0 aliphatic rings. The summed E-state index contributed by atoms with van der Waals surface area (Å²) in [5, 5.41) is 3.22. The minimum atomic E-state index is 0.525. The molecule has 0 saturated heterocycles. The smallest absolute Gasteiger partial charge is 0.0487 e. The Morgan fingerprint density at radius 1 is 1.07 bits per heavy atom. The number of rotatable bonds is 1. The normalized spacial score (nSPS) is 11.1. The highest BCUT2D eigenvalue weighted by atomic mass is 35.5. The van der Waals surface area contributed by atoms with E-state index in [4.69, 9.17) is 11.6 Å². The lowest BCUT2D eigenvalue weighted by Crippen LogP contribution is -1.87. The van der Waals surface area contributed by atoms with Crippen LogP contribution in [0.4, 0.5) is 0 Å². The van der Waals surface area contributed by atoms with Gasteiger partial charge in [-0.1, -0.05) is 55.8 Å². The van der Waals surface area contributed by atoms with Gasteiger partial charge < -0.3 is 0 Å². The van der Waals surface area contributed by atoms with E-state index < -0.39 is 0 Å². The van der Waals surface area contributed by atoms with E-state index in [1.165, 1.54) is 10.9 Å². The van der Waals surface area contributed by atoms with Crippen molar-refractivity contribution in [3.8, 4) is 0 Å². The van der Waals surface area contributed by atoms with Crippen molar-refractivity contribution < 1.29 is 0 Å². The van der Waals surface area contributed by atoms with Gasteiger partial charge in [-0.3, -0.25) is 0 Å². The Balaban J connectivity index is 2.72. The number of halogens is 1. The van der Waals surface area contributed by atoms with Gasteiger partial charge in [0.2, 0.25) is 0 Å². The monoisotopic (exact) mass is 204 g/mol. The summed E-state index contributed by atoms with van der Waals surface area (Å²) in [7, 11) is 0. The number of fused-ring (bicyclic) bond motifs is 1.